The SMILES string of the molecule is CCCCCCCCCCCC(=O)O[C@H](CCCCCCCCCCC)CC(=O)N[C@H]1[C@H](OC[C@H]2O[C@H](OCC=O)[C@H](NC(=O)C[C@@H](CCCCCCCCCCC)OCc3ccccc3)[C@@H](OCc3ccccc3)[C@@H]2OCc2ccccc2)O[C@H](COCc2ccccc2)[C@@H](OP(=O)(OCc2ccccc2)OCc2ccccc2)[C@@H]1OCc1ccccc1. The van der Waals surface area contributed by atoms with Crippen LogP contribution in [0.5, 0.6) is 0 Å². The van der Waals surface area contributed by atoms with Crippen molar-refractivity contribution in [3.05, 3.63) is 251 Å². The number of rotatable bonds is 67. The van der Waals surface area contributed by atoms with E-state index in [9.17, 15) is 9.59 Å². The zero-order chi connectivity index (χ0) is 87.0. The lowest BCUT2D eigenvalue weighted by Crippen LogP contribution is -2.68. The summed E-state index contributed by atoms with van der Waals surface area (Å²) in [6.45, 7) is 5.70. The Balaban J connectivity index is 1.10. The van der Waals surface area contributed by atoms with Crippen LogP contribution in [0, 0.1) is 0 Å². The second-order valence-electron chi connectivity index (χ2n) is 33.2. The summed E-state index contributed by atoms with van der Waals surface area (Å²) in [5, 5.41) is 6.62. The number of esters is 1. The average molecular weight is 1730 g/mol. The van der Waals surface area contributed by atoms with E-state index in [4.69, 9.17) is 60.9 Å². The van der Waals surface area contributed by atoms with Crippen LogP contribution in [0.3, 0.4) is 0 Å². The van der Waals surface area contributed by atoms with Gasteiger partial charge in [0.05, 0.1) is 78.4 Å². The van der Waals surface area contributed by atoms with Crippen molar-refractivity contribution in [2.75, 3.05) is 19.8 Å². The molecule has 9 rings (SSSR count). The van der Waals surface area contributed by atoms with Crippen LogP contribution in [0.15, 0.2) is 212 Å². The second-order valence-corrected chi connectivity index (χ2v) is 34.8. The Morgan fingerprint density at radius 2 is 0.694 bits per heavy atom. The van der Waals surface area contributed by atoms with Gasteiger partial charge in [-0.1, -0.05) is 394 Å². The summed E-state index contributed by atoms with van der Waals surface area (Å²) in [5.41, 5.74) is 5.61. The standard InChI is InChI=1S/C103H143N2O18P/c1-4-7-10-13-16-19-22-25-49-66-89(113-74-83-54-37-29-38-55-83)71-93(107)104-96-100(115-76-85-58-41-31-42-59-85)98(114-75-84-56-39-30-40-57-84)92(122-102(96)112-70-69-106)81-117-103-97(105-94(108)72-90(67-50-26-23-20-17-14-11-8-5-2)120-95(109)68-51-27-24-21-18-15-12-9-6-3)101(116-77-86-60-43-32-44-61-86)99(91(121-103)80-111-73-82-52-35-28-36-53-82)123-124(110,118-78-87-62-45-33-46-63-87)119-79-88-64-47-34-48-65-88/h28-48,52-65,69,89-92,96-103H,4-27,49-51,66-68,70-81H2,1-3H3,(H,104,107)(H,105,108)/t89-,90-,91-,92-,96-,97-,98-,99-,100-,101-,102+,103-/m1/s1. The quantitative estimate of drug-likeness (QED) is 0.0156. The molecule has 0 saturated carbocycles. The minimum atomic E-state index is -4.79. The van der Waals surface area contributed by atoms with E-state index in [2.05, 4.69) is 31.4 Å². The van der Waals surface area contributed by atoms with Crippen LogP contribution in [0.25, 0.3) is 0 Å². The van der Waals surface area contributed by atoms with Gasteiger partial charge in [0.1, 0.15) is 67.7 Å². The molecule has 2 heterocycles. The van der Waals surface area contributed by atoms with Gasteiger partial charge in [-0.05, 0) is 64.6 Å². The monoisotopic (exact) mass is 1730 g/mol. The van der Waals surface area contributed by atoms with E-state index in [1.165, 1.54) is 89.9 Å². The summed E-state index contributed by atoms with van der Waals surface area (Å²) in [4.78, 5) is 58.0. The average Bonchev–Trinajstić information content (AvgIpc) is 0.776. The van der Waals surface area contributed by atoms with Gasteiger partial charge < -0.3 is 62.8 Å². The molecule has 21 heteroatoms. The zero-order valence-corrected chi connectivity index (χ0v) is 75.1. The van der Waals surface area contributed by atoms with E-state index in [1.807, 2.05) is 212 Å². The molecule has 0 radical (unpaired) electrons. The minimum Gasteiger partial charge on any atom is -0.462 e. The highest BCUT2D eigenvalue weighted by Crippen LogP contribution is 2.54. The second kappa shape index (κ2) is 60.9. The van der Waals surface area contributed by atoms with E-state index in [0.29, 0.717) is 43.3 Å². The molecule has 7 aromatic carbocycles. The number of benzene rings is 7. The van der Waals surface area contributed by atoms with Gasteiger partial charge >= 0.3 is 13.8 Å². The highest BCUT2D eigenvalue weighted by Gasteiger charge is 2.54. The number of ether oxygens (including phenoxy) is 10. The molecule has 2 saturated heterocycles. The molecule has 0 aliphatic carbocycles. The first-order chi connectivity index (χ1) is 61.0. The van der Waals surface area contributed by atoms with Crippen molar-refractivity contribution in [1.82, 2.24) is 10.6 Å². The predicted octanol–water partition coefficient (Wildman–Crippen LogP) is 22.6. The number of nitrogens with one attached hydrogen (secondary N) is 2. The van der Waals surface area contributed by atoms with Gasteiger partial charge in [0.2, 0.25) is 11.8 Å². The molecule has 2 amide bonds. The van der Waals surface area contributed by atoms with Gasteiger partial charge in [-0.3, -0.25) is 28.0 Å². The normalized spacial score (nSPS) is 19.5. The van der Waals surface area contributed by atoms with Crippen molar-refractivity contribution in [2.45, 2.75) is 346 Å². The van der Waals surface area contributed by atoms with Crippen molar-refractivity contribution >= 4 is 31.9 Å². The molecular formula is C103H143N2O18P. The first-order valence-electron chi connectivity index (χ1n) is 46.6. The number of phosphoric acid groups is 1. The third kappa shape index (κ3) is 39.3. The molecular weight excluding hydrogens is 1580 g/mol. The smallest absolute Gasteiger partial charge is 0.462 e. The van der Waals surface area contributed by atoms with Crippen LogP contribution < -0.4 is 10.6 Å². The van der Waals surface area contributed by atoms with Crippen LogP contribution in [-0.2, 0) is 131 Å². The maximum atomic E-state index is 16.2. The van der Waals surface area contributed by atoms with E-state index in [-0.39, 0.29) is 84.0 Å². The summed E-state index contributed by atoms with van der Waals surface area (Å²) < 4.78 is 106. The maximum Gasteiger partial charge on any atom is 0.475 e. The highest BCUT2D eigenvalue weighted by atomic mass is 31.2. The molecule has 20 nitrogen and oxygen atoms in total. The Kier molecular flexibility index (Phi) is 49.2. The third-order valence-corrected chi connectivity index (χ3v) is 24.3. The number of aldehydes is 1. The highest BCUT2D eigenvalue weighted by molar-refractivity contribution is 7.48. The fourth-order valence-corrected chi connectivity index (χ4v) is 17.3. The lowest BCUT2D eigenvalue weighted by molar-refractivity contribution is -0.314. The summed E-state index contributed by atoms with van der Waals surface area (Å²) >= 11 is 0. The van der Waals surface area contributed by atoms with Crippen LogP contribution in [0.2, 0.25) is 0 Å². The Bertz CT molecular complexity index is 3910. The predicted molar refractivity (Wildman–Crippen MR) is 485 cm³/mol. The Labute approximate surface area is 740 Å². The molecule has 2 fully saturated rings. The molecule has 12 atom stereocenters. The first kappa shape index (κ1) is 100. The largest absolute Gasteiger partial charge is 0.475 e. The van der Waals surface area contributed by atoms with Crippen molar-refractivity contribution in [3.8, 4) is 0 Å². The van der Waals surface area contributed by atoms with E-state index < -0.39 is 93.8 Å². The van der Waals surface area contributed by atoms with Crippen molar-refractivity contribution in [1.29, 1.82) is 0 Å². The van der Waals surface area contributed by atoms with Gasteiger partial charge in [0.15, 0.2) is 12.6 Å². The first-order valence-corrected chi connectivity index (χ1v) is 48.1. The lowest BCUT2D eigenvalue weighted by atomic mass is 9.94. The topological polar surface area (TPSA) is 229 Å². The number of hydrogen-bond donors (Lipinski definition) is 2. The molecule has 2 aliphatic rings. The van der Waals surface area contributed by atoms with Gasteiger partial charge in [0, 0.05) is 6.42 Å². The summed E-state index contributed by atoms with van der Waals surface area (Å²) in [6.07, 6.45) is 19.8. The van der Waals surface area contributed by atoms with Gasteiger partial charge in [0.25, 0.3) is 0 Å². The van der Waals surface area contributed by atoms with Gasteiger partial charge in [-0.2, -0.15) is 0 Å². The number of hydrogen-bond acceptors (Lipinski definition) is 18. The van der Waals surface area contributed by atoms with Gasteiger partial charge in [-0.25, -0.2) is 4.57 Å². The molecule has 2 N–H and O–H groups in total. The lowest BCUT2D eigenvalue weighted by Gasteiger charge is -2.48. The third-order valence-electron chi connectivity index (χ3n) is 22.9. The molecule has 0 bridgehead atoms. The maximum absolute atomic E-state index is 16.2. The number of carbonyl (C=O) groups excluding carboxylic acids is 4. The molecule has 0 aromatic heterocycles. The van der Waals surface area contributed by atoms with E-state index in [0.717, 1.165) is 105 Å². The zero-order valence-electron chi connectivity index (χ0n) is 74.2. The van der Waals surface area contributed by atoms with E-state index in [1.54, 1.807) is 0 Å². The summed E-state index contributed by atoms with van der Waals surface area (Å²) in [6, 6.07) is 64.5. The molecule has 0 spiro atoms. The number of carbonyl (C=O) groups is 4. The minimum absolute atomic E-state index is 0.00956. The van der Waals surface area contributed by atoms with Crippen molar-refractivity contribution in [2.24, 2.45) is 0 Å². The fraction of sp³-hybridized carbons (Fsp3) is 0.553. The van der Waals surface area contributed by atoms with Crippen molar-refractivity contribution in [3.63, 3.8) is 0 Å². The van der Waals surface area contributed by atoms with E-state index >= 15 is 14.2 Å². The Morgan fingerprint density at radius 3 is 1.10 bits per heavy atom. The molecule has 7 aromatic rings. The van der Waals surface area contributed by atoms with Gasteiger partial charge in [-0.15, -0.1) is 0 Å². The summed E-state index contributed by atoms with van der Waals surface area (Å²) in [5.74, 6) is -1.25. The fourth-order valence-electron chi connectivity index (χ4n) is 15.9. The van der Waals surface area contributed by atoms with Crippen LogP contribution in [0.1, 0.15) is 265 Å². The van der Waals surface area contributed by atoms with Crippen LogP contribution >= 0.6 is 7.82 Å². The van der Waals surface area contributed by atoms with Crippen molar-refractivity contribution < 1.29 is 84.7 Å². The molecule has 2 aliphatic heterocycles. The van der Waals surface area contributed by atoms with Crippen LogP contribution in [-0.4, -0.2) is 117 Å². The number of amides is 2. The number of unbranched alkanes of at least 4 members (excludes halogenated alkanes) is 24. The molecule has 0 unspecified atom stereocenters. The molecule has 678 valence electrons. The Hall–Kier alpha value is -7.63. The Morgan fingerprint density at radius 1 is 0.363 bits per heavy atom. The molecule has 124 heavy (non-hydrogen) atoms. The summed E-state index contributed by atoms with van der Waals surface area (Å²) in [7, 11) is -4.79. The van der Waals surface area contributed by atoms with Crippen LogP contribution in [0.4, 0.5) is 0 Å². The number of phosphoric ester groups is 1.